The first-order valence-electron chi connectivity index (χ1n) is 6.24. The zero-order valence-corrected chi connectivity index (χ0v) is 11.9. The van der Waals surface area contributed by atoms with Crippen LogP contribution in [-0.2, 0) is 19.1 Å². The summed E-state index contributed by atoms with van der Waals surface area (Å²) in [5, 5.41) is 9.29. The zero-order valence-electron chi connectivity index (χ0n) is 11.9. The molecule has 0 aromatic heterocycles. The Morgan fingerprint density at radius 2 is 1.72 bits per heavy atom. The summed E-state index contributed by atoms with van der Waals surface area (Å²) >= 11 is 0. The standard InChI is InChI=1S/C13H24O5/c1-6-13(10(14)15,11(16)17-7-2)8-9-18-12(3,4)5/h6-9H2,1-5H3,(H,14,15). The van der Waals surface area contributed by atoms with Crippen LogP contribution in [0.2, 0.25) is 0 Å². The molecule has 1 unspecified atom stereocenters. The van der Waals surface area contributed by atoms with E-state index in [1.165, 1.54) is 0 Å². The third kappa shape index (κ3) is 4.64. The second-order valence-corrected chi connectivity index (χ2v) is 5.17. The van der Waals surface area contributed by atoms with Gasteiger partial charge in [-0.15, -0.1) is 0 Å². The van der Waals surface area contributed by atoms with Crippen molar-refractivity contribution in [3.05, 3.63) is 0 Å². The maximum atomic E-state index is 11.8. The van der Waals surface area contributed by atoms with Gasteiger partial charge in [0.2, 0.25) is 0 Å². The van der Waals surface area contributed by atoms with Crippen molar-refractivity contribution in [2.45, 2.75) is 53.1 Å². The molecule has 1 N–H and O–H groups in total. The molecule has 0 aromatic carbocycles. The van der Waals surface area contributed by atoms with Crippen molar-refractivity contribution in [1.29, 1.82) is 0 Å². The number of carbonyl (C=O) groups excluding carboxylic acids is 1. The Bertz CT molecular complexity index is 292. The number of hydrogen-bond acceptors (Lipinski definition) is 4. The molecule has 1 atom stereocenters. The number of rotatable bonds is 7. The van der Waals surface area contributed by atoms with Gasteiger partial charge in [0.25, 0.3) is 0 Å². The highest BCUT2D eigenvalue weighted by atomic mass is 16.5. The number of carbonyl (C=O) groups is 2. The van der Waals surface area contributed by atoms with Crippen LogP contribution in [0.5, 0.6) is 0 Å². The van der Waals surface area contributed by atoms with Crippen LogP contribution < -0.4 is 0 Å². The molecule has 0 radical (unpaired) electrons. The van der Waals surface area contributed by atoms with Crippen molar-refractivity contribution in [3.8, 4) is 0 Å². The van der Waals surface area contributed by atoms with E-state index in [4.69, 9.17) is 9.47 Å². The van der Waals surface area contributed by atoms with Crippen molar-refractivity contribution in [2.75, 3.05) is 13.2 Å². The molecule has 0 spiro atoms. The molecule has 0 aliphatic rings. The predicted octanol–water partition coefficient (Wildman–Crippen LogP) is 2.24. The first-order valence-corrected chi connectivity index (χ1v) is 6.24. The molecule has 5 nitrogen and oxygen atoms in total. The highest BCUT2D eigenvalue weighted by Crippen LogP contribution is 2.29. The Morgan fingerprint density at radius 3 is 2.06 bits per heavy atom. The Morgan fingerprint density at radius 1 is 1.17 bits per heavy atom. The largest absolute Gasteiger partial charge is 0.480 e. The number of hydrogen-bond donors (Lipinski definition) is 1. The lowest BCUT2D eigenvalue weighted by atomic mass is 9.82. The molecular formula is C13H24O5. The Hall–Kier alpha value is -1.10. The van der Waals surface area contributed by atoms with Crippen LogP contribution in [-0.4, -0.2) is 35.9 Å². The van der Waals surface area contributed by atoms with Crippen molar-refractivity contribution >= 4 is 11.9 Å². The number of carboxylic acid groups (broad SMARTS) is 1. The zero-order chi connectivity index (χ0) is 14.4. The van der Waals surface area contributed by atoms with Crippen LogP contribution >= 0.6 is 0 Å². The van der Waals surface area contributed by atoms with Gasteiger partial charge in [-0.1, -0.05) is 6.92 Å². The summed E-state index contributed by atoms with van der Waals surface area (Å²) in [4.78, 5) is 23.2. The smallest absolute Gasteiger partial charge is 0.323 e. The fraction of sp³-hybridized carbons (Fsp3) is 0.846. The van der Waals surface area contributed by atoms with Gasteiger partial charge in [-0.25, -0.2) is 0 Å². The second kappa shape index (κ2) is 6.73. The molecule has 0 aliphatic heterocycles. The van der Waals surface area contributed by atoms with Gasteiger partial charge in [0.15, 0.2) is 5.41 Å². The molecule has 106 valence electrons. The minimum atomic E-state index is -1.50. The van der Waals surface area contributed by atoms with Crippen LogP contribution in [0.1, 0.15) is 47.5 Å². The summed E-state index contributed by atoms with van der Waals surface area (Å²) in [6, 6.07) is 0. The molecule has 0 saturated carbocycles. The highest BCUT2D eigenvalue weighted by Gasteiger charge is 2.46. The lowest BCUT2D eigenvalue weighted by Gasteiger charge is -2.27. The summed E-state index contributed by atoms with van der Waals surface area (Å²) < 4.78 is 10.4. The van der Waals surface area contributed by atoms with E-state index in [2.05, 4.69) is 0 Å². The third-order valence-corrected chi connectivity index (χ3v) is 2.74. The number of carboxylic acids is 1. The van der Waals surface area contributed by atoms with Crippen molar-refractivity contribution in [1.82, 2.24) is 0 Å². The molecule has 5 heteroatoms. The normalized spacial score (nSPS) is 14.9. The number of aliphatic carboxylic acids is 1. The third-order valence-electron chi connectivity index (χ3n) is 2.74. The summed E-state index contributed by atoms with van der Waals surface area (Å²) in [5.41, 5.74) is -1.85. The fourth-order valence-corrected chi connectivity index (χ4v) is 1.57. The molecule has 0 aliphatic carbocycles. The van der Waals surface area contributed by atoms with E-state index < -0.39 is 17.4 Å². The van der Waals surface area contributed by atoms with Crippen molar-refractivity contribution in [2.24, 2.45) is 5.41 Å². The SMILES string of the molecule is CCOC(=O)C(CC)(CCOC(C)(C)C)C(=O)O. The van der Waals surface area contributed by atoms with E-state index >= 15 is 0 Å². The quantitative estimate of drug-likeness (QED) is 0.561. The summed E-state index contributed by atoms with van der Waals surface area (Å²) in [7, 11) is 0. The van der Waals surface area contributed by atoms with Crippen LogP contribution in [0, 0.1) is 5.41 Å². The lowest BCUT2D eigenvalue weighted by Crippen LogP contribution is -2.41. The first-order chi connectivity index (χ1) is 8.19. The minimum Gasteiger partial charge on any atom is -0.480 e. The van der Waals surface area contributed by atoms with Crippen LogP contribution in [0.3, 0.4) is 0 Å². The first kappa shape index (κ1) is 16.9. The predicted molar refractivity (Wildman–Crippen MR) is 67.3 cm³/mol. The van der Waals surface area contributed by atoms with Crippen LogP contribution in [0.25, 0.3) is 0 Å². The molecule has 0 heterocycles. The van der Waals surface area contributed by atoms with E-state index in [9.17, 15) is 14.7 Å². The van der Waals surface area contributed by atoms with Crippen molar-refractivity contribution in [3.63, 3.8) is 0 Å². The van der Waals surface area contributed by atoms with Crippen LogP contribution in [0.15, 0.2) is 0 Å². The van der Waals surface area contributed by atoms with Gasteiger partial charge in [-0.2, -0.15) is 0 Å². The molecular weight excluding hydrogens is 236 g/mol. The second-order valence-electron chi connectivity index (χ2n) is 5.17. The molecule has 0 aromatic rings. The number of ether oxygens (including phenoxy) is 2. The summed E-state index contributed by atoms with van der Waals surface area (Å²) in [6.45, 7) is 9.35. The molecule has 0 amide bonds. The Labute approximate surface area is 108 Å². The Balaban J connectivity index is 4.78. The molecule has 0 bridgehead atoms. The van der Waals surface area contributed by atoms with Gasteiger partial charge in [0.1, 0.15) is 0 Å². The van der Waals surface area contributed by atoms with E-state index in [0.29, 0.717) is 0 Å². The van der Waals surface area contributed by atoms with E-state index in [1.807, 2.05) is 20.8 Å². The Kier molecular flexibility index (Phi) is 6.32. The van der Waals surface area contributed by atoms with Gasteiger partial charge < -0.3 is 14.6 Å². The fourth-order valence-electron chi connectivity index (χ4n) is 1.57. The highest BCUT2D eigenvalue weighted by molar-refractivity contribution is 5.99. The lowest BCUT2D eigenvalue weighted by molar-refractivity contribution is -0.171. The summed E-state index contributed by atoms with van der Waals surface area (Å²) in [6.07, 6.45) is 0.309. The maximum absolute atomic E-state index is 11.8. The van der Waals surface area contributed by atoms with Gasteiger partial charge in [0.05, 0.1) is 12.2 Å². The number of esters is 1. The van der Waals surface area contributed by atoms with E-state index in [0.717, 1.165) is 0 Å². The molecule has 0 saturated heterocycles. The van der Waals surface area contributed by atoms with Crippen LogP contribution in [0.4, 0.5) is 0 Å². The molecule has 0 rings (SSSR count). The monoisotopic (exact) mass is 260 g/mol. The van der Waals surface area contributed by atoms with E-state index in [-0.39, 0.29) is 31.7 Å². The average molecular weight is 260 g/mol. The van der Waals surface area contributed by atoms with Gasteiger partial charge in [-0.05, 0) is 40.5 Å². The maximum Gasteiger partial charge on any atom is 0.323 e. The minimum absolute atomic E-state index is 0.120. The van der Waals surface area contributed by atoms with E-state index in [1.54, 1.807) is 13.8 Å². The molecule has 0 fully saturated rings. The topological polar surface area (TPSA) is 72.8 Å². The van der Waals surface area contributed by atoms with Gasteiger partial charge >= 0.3 is 11.9 Å². The van der Waals surface area contributed by atoms with Crippen molar-refractivity contribution < 1.29 is 24.2 Å². The van der Waals surface area contributed by atoms with Gasteiger partial charge in [0, 0.05) is 6.61 Å². The summed E-state index contributed by atoms with van der Waals surface area (Å²) in [5.74, 6) is -1.83. The molecule has 18 heavy (non-hydrogen) atoms. The van der Waals surface area contributed by atoms with Gasteiger partial charge in [-0.3, -0.25) is 9.59 Å². The average Bonchev–Trinajstić information content (AvgIpc) is 2.22.